The standard InChI is InChI=1S/C10H15F3N4O2S/c1-6-9(20(18,19)15-5-10(11,12)13)8(17-16-6)4-14-7-2-3-7/h7,14-15H,2-5H2,1H3,(H,16,17). The molecule has 1 fully saturated rings. The van der Waals surface area contributed by atoms with Gasteiger partial charge in [-0.05, 0) is 19.8 Å². The van der Waals surface area contributed by atoms with Crippen molar-refractivity contribution in [2.24, 2.45) is 0 Å². The molecule has 1 heterocycles. The van der Waals surface area contributed by atoms with E-state index in [1.807, 2.05) is 0 Å². The van der Waals surface area contributed by atoms with Gasteiger partial charge in [0.05, 0.1) is 11.4 Å². The van der Waals surface area contributed by atoms with E-state index in [0.29, 0.717) is 6.04 Å². The Bertz CT molecular complexity index is 578. The fourth-order valence-electron chi connectivity index (χ4n) is 1.72. The summed E-state index contributed by atoms with van der Waals surface area (Å²) in [5.74, 6) is 0. The molecular weight excluding hydrogens is 297 g/mol. The smallest absolute Gasteiger partial charge is 0.308 e. The zero-order valence-electron chi connectivity index (χ0n) is 10.7. The lowest BCUT2D eigenvalue weighted by molar-refractivity contribution is -0.121. The van der Waals surface area contributed by atoms with Crippen LogP contribution in [0.4, 0.5) is 13.2 Å². The number of H-pyrrole nitrogens is 1. The maximum absolute atomic E-state index is 12.1. The molecule has 10 heteroatoms. The average molecular weight is 312 g/mol. The highest BCUT2D eigenvalue weighted by molar-refractivity contribution is 7.89. The molecule has 20 heavy (non-hydrogen) atoms. The second-order valence-corrected chi connectivity index (χ2v) is 6.42. The van der Waals surface area contributed by atoms with Crippen molar-refractivity contribution in [2.75, 3.05) is 6.54 Å². The Labute approximate surface area is 114 Å². The van der Waals surface area contributed by atoms with Crippen molar-refractivity contribution in [1.82, 2.24) is 20.2 Å². The predicted octanol–water partition coefficient (Wildman–Crippen LogP) is 0.811. The highest BCUT2D eigenvalue weighted by Crippen LogP contribution is 2.22. The summed E-state index contributed by atoms with van der Waals surface area (Å²) in [4.78, 5) is -0.213. The minimum absolute atomic E-state index is 0.198. The van der Waals surface area contributed by atoms with Crippen LogP contribution in [0.5, 0.6) is 0 Å². The van der Waals surface area contributed by atoms with E-state index in [2.05, 4.69) is 15.5 Å². The van der Waals surface area contributed by atoms with Crippen LogP contribution in [0.3, 0.4) is 0 Å². The molecule has 1 aromatic rings. The fourth-order valence-corrected chi connectivity index (χ4v) is 3.10. The molecule has 0 spiro atoms. The van der Waals surface area contributed by atoms with Gasteiger partial charge >= 0.3 is 6.18 Å². The highest BCUT2D eigenvalue weighted by Gasteiger charge is 2.32. The van der Waals surface area contributed by atoms with Gasteiger partial charge in [-0.1, -0.05) is 0 Å². The molecule has 1 aliphatic rings. The molecule has 0 bridgehead atoms. The first-order valence-corrected chi connectivity index (χ1v) is 7.51. The largest absolute Gasteiger partial charge is 0.402 e. The third kappa shape index (κ3) is 3.93. The van der Waals surface area contributed by atoms with E-state index in [9.17, 15) is 21.6 Å². The van der Waals surface area contributed by atoms with E-state index in [0.717, 1.165) is 12.8 Å². The predicted molar refractivity (Wildman–Crippen MR) is 64.4 cm³/mol. The molecule has 0 saturated heterocycles. The second kappa shape index (κ2) is 5.34. The summed E-state index contributed by atoms with van der Waals surface area (Å²) in [5, 5.41) is 9.41. The quantitative estimate of drug-likeness (QED) is 0.725. The third-order valence-electron chi connectivity index (χ3n) is 2.83. The number of aromatic nitrogens is 2. The molecule has 0 radical (unpaired) electrons. The summed E-state index contributed by atoms with van der Waals surface area (Å²) in [7, 11) is -4.24. The van der Waals surface area contributed by atoms with Crippen LogP contribution in [0, 0.1) is 6.92 Å². The molecule has 0 unspecified atom stereocenters. The topological polar surface area (TPSA) is 86.9 Å². The molecule has 1 saturated carbocycles. The fraction of sp³-hybridized carbons (Fsp3) is 0.700. The number of alkyl halides is 3. The van der Waals surface area contributed by atoms with Crippen molar-refractivity contribution in [3.8, 4) is 0 Å². The molecule has 1 aliphatic carbocycles. The van der Waals surface area contributed by atoms with Gasteiger partial charge in [0.15, 0.2) is 0 Å². The first kappa shape index (κ1) is 15.3. The first-order chi connectivity index (χ1) is 9.19. The summed E-state index contributed by atoms with van der Waals surface area (Å²) >= 11 is 0. The Kier molecular flexibility index (Phi) is 4.07. The van der Waals surface area contributed by atoms with Crippen LogP contribution in [0.15, 0.2) is 4.90 Å². The van der Waals surface area contributed by atoms with Crippen LogP contribution >= 0.6 is 0 Å². The van der Waals surface area contributed by atoms with Gasteiger partial charge in [0.25, 0.3) is 0 Å². The van der Waals surface area contributed by atoms with Gasteiger partial charge < -0.3 is 5.32 Å². The third-order valence-corrected chi connectivity index (χ3v) is 4.43. The summed E-state index contributed by atoms with van der Waals surface area (Å²) in [6, 6.07) is 0.339. The van der Waals surface area contributed by atoms with Gasteiger partial charge in [0, 0.05) is 12.6 Å². The van der Waals surface area contributed by atoms with Gasteiger partial charge in [-0.2, -0.15) is 18.3 Å². The summed E-state index contributed by atoms with van der Waals surface area (Å²) < 4.78 is 61.8. The van der Waals surface area contributed by atoms with Crippen molar-refractivity contribution in [3.05, 3.63) is 11.4 Å². The first-order valence-electron chi connectivity index (χ1n) is 6.03. The lowest BCUT2D eigenvalue weighted by Crippen LogP contribution is -2.34. The minimum atomic E-state index is -4.60. The number of nitrogens with one attached hydrogen (secondary N) is 3. The Morgan fingerprint density at radius 3 is 2.60 bits per heavy atom. The lowest BCUT2D eigenvalue weighted by atomic mass is 10.3. The van der Waals surface area contributed by atoms with Gasteiger partial charge in [-0.25, -0.2) is 13.1 Å². The highest BCUT2D eigenvalue weighted by atomic mass is 32.2. The zero-order chi connectivity index (χ0) is 15.0. The van der Waals surface area contributed by atoms with Crippen molar-refractivity contribution >= 4 is 10.0 Å². The summed E-state index contributed by atoms with van der Waals surface area (Å²) in [6.45, 7) is 0.0580. The van der Waals surface area contributed by atoms with E-state index < -0.39 is 22.7 Å². The van der Waals surface area contributed by atoms with Crippen LogP contribution in [0.2, 0.25) is 0 Å². The van der Waals surface area contributed by atoms with E-state index in [1.54, 1.807) is 4.72 Å². The van der Waals surface area contributed by atoms with Crippen molar-refractivity contribution in [1.29, 1.82) is 0 Å². The second-order valence-electron chi connectivity index (χ2n) is 4.72. The van der Waals surface area contributed by atoms with Crippen molar-refractivity contribution in [3.63, 3.8) is 0 Å². The van der Waals surface area contributed by atoms with Gasteiger partial charge in [0.1, 0.15) is 11.4 Å². The number of aryl methyl sites for hydroxylation is 1. The number of hydrogen-bond acceptors (Lipinski definition) is 4. The van der Waals surface area contributed by atoms with Crippen molar-refractivity contribution in [2.45, 2.75) is 43.4 Å². The van der Waals surface area contributed by atoms with Gasteiger partial charge in [-0.15, -0.1) is 0 Å². The number of nitrogens with zero attached hydrogens (tertiary/aromatic N) is 1. The summed E-state index contributed by atoms with van der Waals surface area (Å²) in [5.41, 5.74) is 0.413. The Hall–Kier alpha value is -1.13. The molecule has 114 valence electrons. The molecule has 0 aromatic carbocycles. The van der Waals surface area contributed by atoms with Crippen LogP contribution in [0.25, 0.3) is 0 Å². The van der Waals surface area contributed by atoms with E-state index in [-0.39, 0.29) is 22.8 Å². The molecule has 6 nitrogen and oxygen atoms in total. The van der Waals surface area contributed by atoms with Crippen molar-refractivity contribution < 1.29 is 21.6 Å². The maximum Gasteiger partial charge on any atom is 0.402 e. The normalized spacial score (nSPS) is 16.6. The minimum Gasteiger partial charge on any atom is -0.308 e. The molecular formula is C10H15F3N4O2S. The number of rotatable bonds is 6. The summed E-state index contributed by atoms with van der Waals surface area (Å²) in [6.07, 6.45) is -2.58. The molecule has 0 atom stereocenters. The number of sulfonamides is 1. The molecule has 2 rings (SSSR count). The monoisotopic (exact) mass is 312 g/mol. The van der Waals surface area contributed by atoms with Crippen LogP contribution in [-0.2, 0) is 16.6 Å². The lowest BCUT2D eigenvalue weighted by Gasteiger charge is -2.10. The number of aromatic amines is 1. The zero-order valence-corrected chi connectivity index (χ0v) is 11.5. The van der Waals surface area contributed by atoms with Crippen LogP contribution < -0.4 is 10.0 Å². The Morgan fingerprint density at radius 2 is 2.05 bits per heavy atom. The van der Waals surface area contributed by atoms with Crippen LogP contribution in [0.1, 0.15) is 24.2 Å². The maximum atomic E-state index is 12.1. The molecule has 0 aliphatic heterocycles. The average Bonchev–Trinajstić information content (AvgIpc) is 3.06. The van der Waals surface area contributed by atoms with Crippen LogP contribution in [-0.4, -0.2) is 37.4 Å². The molecule has 1 aromatic heterocycles. The Morgan fingerprint density at radius 1 is 1.40 bits per heavy atom. The molecule has 3 N–H and O–H groups in total. The number of halogens is 3. The Balaban J connectivity index is 2.14. The van der Waals surface area contributed by atoms with E-state index in [4.69, 9.17) is 0 Å². The molecule has 0 amide bonds. The van der Waals surface area contributed by atoms with E-state index >= 15 is 0 Å². The number of hydrogen-bond donors (Lipinski definition) is 3. The SMILES string of the molecule is Cc1[nH]nc(CNC2CC2)c1S(=O)(=O)NCC(F)(F)F. The van der Waals surface area contributed by atoms with Gasteiger partial charge in [0.2, 0.25) is 10.0 Å². The van der Waals surface area contributed by atoms with E-state index in [1.165, 1.54) is 6.92 Å². The van der Waals surface area contributed by atoms with Gasteiger partial charge in [-0.3, -0.25) is 5.10 Å².